The number of aliphatic hydroxyl groups is 2. The van der Waals surface area contributed by atoms with Crippen LogP contribution in [0.15, 0.2) is 42.5 Å². The molecule has 7 N–H and O–H groups in total. The molecule has 9 aliphatic rings. The van der Waals surface area contributed by atoms with Gasteiger partial charge in [0.2, 0.25) is 0 Å². The zero-order valence-corrected chi connectivity index (χ0v) is 37.7. The van der Waals surface area contributed by atoms with E-state index in [9.17, 15) is 9.59 Å². The Kier molecular flexibility index (Phi) is 19.4. The topological polar surface area (TPSA) is 156 Å². The van der Waals surface area contributed by atoms with E-state index in [1.165, 1.54) is 37.7 Å². The third-order valence-electron chi connectivity index (χ3n) is 15.0. The van der Waals surface area contributed by atoms with E-state index in [1.54, 1.807) is 30.3 Å². The van der Waals surface area contributed by atoms with Crippen LogP contribution in [0.4, 0.5) is 0 Å². The zero-order valence-electron chi connectivity index (χ0n) is 33.4. The van der Waals surface area contributed by atoms with Gasteiger partial charge in [0, 0.05) is 62.5 Å². The van der Waals surface area contributed by atoms with Crippen molar-refractivity contribution in [2.45, 2.75) is 126 Å². The molecular weight excluding hydrogens is 906 g/mol. The normalized spacial score (nSPS) is 34.8. The minimum Gasteiger partial charge on any atom is -0.478 e. The monoisotopic (exact) mass is 980 g/mol. The number of carboxylic acid groups (broad SMARTS) is 1. The van der Waals surface area contributed by atoms with E-state index < -0.39 is 5.97 Å². The van der Waals surface area contributed by atoms with Crippen LogP contribution in [0.1, 0.15) is 124 Å². The van der Waals surface area contributed by atoms with E-state index in [1.807, 2.05) is 6.92 Å². The van der Waals surface area contributed by atoms with Gasteiger partial charge in [-0.3, -0.25) is 4.79 Å². The third kappa shape index (κ3) is 11.0. The number of allylic oxidation sites excluding steroid dienone is 1. The molecule has 9 fully saturated rings. The van der Waals surface area contributed by atoms with E-state index in [0.717, 1.165) is 37.0 Å². The number of aliphatic hydroxyl groups excluding tert-OH is 2. The summed E-state index contributed by atoms with van der Waals surface area (Å²) in [6, 6.07) is 8.98. The molecule has 0 saturated heterocycles. The molecule has 6 bridgehead atoms. The van der Waals surface area contributed by atoms with Crippen LogP contribution in [0.5, 0.6) is 0 Å². The highest BCUT2D eigenvalue weighted by atomic mass is 128. The number of ether oxygens (including phenoxy) is 1. The lowest BCUT2D eigenvalue weighted by Crippen LogP contribution is -2.61. The van der Waals surface area contributed by atoms with Crippen molar-refractivity contribution in [2.24, 2.45) is 81.0 Å². The molecule has 8 nitrogen and oxygen atoms in total. The average Bonchev–Trinajstić information content (AvgIpc) is 3.12. The maximum Gasteiger partial charge on any atom is 0.335 e. The number of nitrogens with two attached hydrogens (primary N) is 2. The lowest BCUT2D eigenvalue weighted by Gasteiger charge is -2.61. The molecule has 9 saturated carbocycles. The summed E-state index contributed by atoms with van der Waals surface area (Å²) in [5.74, 6) is 5.17. The van der Waals surface area contributed by atoms with Gasteiger partial charge in [0.1, 0.15) is 0 Å². The Balaban J connectivity index is 0.000000247. The molecular formula is C44H74I2N2O6. The van der Waals surface area contributed by atoms with E-state index in [2.05, 4.69) is 85.4 Å². The third-order valence-corrected chi connectivity index (χ3v) is 15.0. The van der Waals surface area contributed by atoms with Crippen molar-refractivity contribution in [2.75, 3.05) is 19.8 Å². The van der Waals surface area contributed by atoms with Gasteiger partial charge in [-0.15, -0.1) is 0 Å². The number of benzene rings is 1. The maximum atomic E-state index is 11.5. The molecule has 0 amide bonds. The lowest BCUT2D eigenvalue weighted by atomic mass is 9.45. The van der Waals surface area contributed by atoms with Crippen LogP contribution in [-0.4, -0.2) is 59.2 Å². The Hall–Kier alpha value is -0.800. The molecule has 10 heteroatoms. The van der Waals surface area contributed by atoms with Gasteiger partial charge in [0.15, 0.2) is 0 Å². The first-order valence-corrected chi connectivity index (χ1v) is 26.2. The zero-order chi connectivity index (χ0) is 39.9. The van der Waals surface area contributed by atoms with E-state index in [-0.39, 0.29) is 13.4 Å². The first kappa shape index (κ1) is 49.3. The smallest absolute Gasteiger partial charge is 0.335 e. The molecule has 10 rings (SSSR count). The molecule has 310 valence electrons. The Morgan fingerprint density at radius 2 is 1.22 bits per heavy atom. The summed E-state index contributed by atoms with van der Waals surface area (Å²) < 4.78 is 5.01. The highest BCUT2D eigenvalue weighted by Crippen LogP contribution is 2.63. The van der Waals surface area contributed by atoms with Crippen molar-refractivity contribution in [3.63, 3.8) is 0 Å². The average molecular weight is 981 g/mol. The quantitative estimate of drug-likeness (QED) is 0.0980. The molecule has 1 aromatic rings. The Morgan fingerprint density at radius 1 is 0.778 bits per heavy atom. The molecule has 1 aromatic carbocycles. The van der Waals surface area contributed by atoms with Crippen LogP contribution < -0.4 is 11.5 Å². The number of carboxylic acids is 1. The van der Waals surface area contributed by atoms with Crippen molar-refractivity contribution < 1.29 is 29.6 Å². The molecule has 0 unspecified atom stereocenters. The summed E-state index contributed by atoms with van der Waals surface area (Å²) in [6.07, 6.45) is 9.90. The first-order valence-electron chi connectivity index (χ1n) is 19.9. The van der Waals surface area contributed by atoms with E-state index in [0.29, 0.717) is 95.6 Å². The molecule has 9 aliphatic carbocycles. The number of rotatable bonds is 8. The van der Waals surface area contributed by atoms with Gasteiger partial charge in [-0.25, -0.2) is 4.79 Å². The van der Waals surface area contributed by atoms with Gasteiger partial charge in [-0.05, 0) is 140 Å². The second-order valence-electron chi connectivity index (χ2n) is 18.4. The van der Waals surface area contributed by atoms with Gasteiger partial charge in [-0.2, -0.15) is 0 Å². The van der Waals surface area contributed by atoms with E-state index >= 15 is 0 Å². The standard InChI is InChI=1S/C14H22O2.2C11H21NO.C7H6O2.CH4.I2/c1-5-16-13(15)7-10-6-11-8-12(9(10)2)14(11,3)4;2*1-11(2)8-5-7(3-4-13)10(12)9(11)6-8;8-7(9)6-4-2-1-3-5-6;;1-2/h10-12H,2,5-8H2,1,3-4H3;2*7-10,13H,3-6,12H2,1-2H3;1-5H,(H,8,9);1H4;/t10-,11+,12+;2*7-,8-,9-,10+;;;/m100.../s1. The Labute approximate surface area is 351 Å². The van der Waals surface area contributed by atoms with Crippen molar-refractivity contribution >= 4 is 49.2 Å². The summed E-state index contributed by atoms with van der Waals surface area (Å²) in [6.45, 7) is 21.2. The molecule has 0 spiro atoms. The maximum absolute atomic E-state index is 11.5. The highest BCUT2D eigenvalue weighted by Gasteiger charge is 2.57. The number of esters is 1. The van der Waals surface area contributed by atoms with Crippen molar-refractivity contribution in [3.8, 4) is 0 Å². The number of fused-ring (bicyclic) bond motifs is 6. The molecule has 0 radical (unpaired) electrons. The number of carbonyl (C=O) groups is 2. The summed E-state index contributed by atoms with van der Waals surface area (Å²) in [5, 5.41) is 26.2. The molecule has 0 aromatic heterocycles. The van der Waals surface area contributed by atoms with Crippen LogP contribution in [0.2, 0.25) is 0 Å². The number of aromatic carboxylic acids is 1. The molecule has 11 atom stereocenters. The van der Waals surface area contributed by atoms with Gasteiger partial charge >= 0.3 is 11.9 Å². The van der Waals surface area contributed by atoms with Crippen LogP contribution >= 0.6 is 37.2 Å². The molecule has 0 aliphatic heterocycles. The van der Waals surface area contributed by atoms with Crippen molar-refractivity contribution in [1.29, 1.82) is 0 Å². The largest absolute Gasteiger partial charge is 0.478 e. The predicted molar refractivity (Wildman–Crippen MR) is 238 cm³/mol. The number of halogens is 2. The molecule has 54 heavy (non-hydrogen) atoms. The fourth-order valence-corrected chi connectivity index (χ4v) is 10.9. The fourth-order valence-electron chi connectivity index (χ4n) is 10.9. The van der Waals surface area contributed by atoms with Gasteiger partial charge in [-0.1, -0.05) is 79.3 Å². The lowest BCUT2D eigenvalue weighted by molar-refractivity contribution is -0.145. The van der Waals surface area contributed by atoms with Crippen LogP contribution in [0.3, 0.4) is 0 Å². The Morgan fingerprint density at radius 3 is 1.54 bits per heavy atom. The van der Waals surface area contributed by atoms with Crippen molar-refractivity contribution in [3.05, 3.63) is 48.0 Å². The fraction of sp³-hybridized carbons (Fsp3) is 0.773. The van der Waals surface area contributed by atoms with Crippen LogP contribution in [0, 0.1) is 69.5 Å². The summed E-state index contributed by atoms with van der Waals surface area (Å²) in [4.78, 5) is 21.7. The second kappa shape index (κ2) is 21.3. The summed E-state index contributed by atoms with van der Waals surface area (Å²) in [7, 11) is 0. The number of hydrogen-bond acceptors (Lipinski definition) is 7. The van der Waals surface area contributed by atoms with Crippen LogP contribution in [-0.2, 0) is 9.53 Å². The molecule has 0 heterocycles. The summed E-state index contributed by atoms with van der Waals surface area (Å²) in [5.41, 5.74) is 15.4. The number of carbonyl (C=O) groups excluding carboxylic acids is 1. The predicted octanol–water partition coefficient (Wildman–Crippen LogP) is 9.73. The minimum atomic E-state index is -0.879. The number of hydrogen-bond donors (Lipinski definition) is 5. The second-order valence-corrected chi connectivity index (χ2v) is 18.4. The van der Waals surface area contributed by atoms with Crippen molar-refractivity contribution in [1.82, 2.24) is 0 Å². The van der Waals surface area contributed by atoms with Gasteiger partial charge < -0.3 is 31.5 Å². The Bertz CT molecular complexity index is 1300. The van der Waals surface area contributed by atoms with E-state index in [4.69, 9.17) is 31.5 Å². The summed E-state index contributed by atoms with van der Waals surface area (Å²) >= 11 is 4.24. The van der Waals surface area contributed by atoms with Gasteiger partial charge in [0.25, 0.3) is 0 Å². The first-order chi connectivity index (χ1) is 24.9. The SMILES string of the molecule is C.C=C1[C@@H](CC(=O)OCC)C[C@H]2C[C@@H]1C2(C)C.CC1(C)[C@H]2C[C@H](CCO)[C@@H](N)[C@@H]1C2.CC1(C)[C@H]2C[C@H](CCO)[C@@H](N)[C@@H]1C2.II.O=C(O)c1ccccc1. The minimum absolute atomic E-state index is 0. The highest BCUT2D eigenvalue weighted by molar-refractivity contribution is 15.0. The van der Waals surface area contributed by atoms with Gasteiger partial charge in [0.05, 0.1) is 18.6 Å². The van der Waals surface area contributed by atoms with Crippen LogP contribution in [0.25, 0.3) is 0 Å².